The Morgan fingerprint density at radius 3 is 2.50 bits per heavy atom. The van der Waals surface area contributed by atoms with Crippen LogP contribution in [0.25, 0.3) is 0 Å². The van der Waals surface area contributed by atoms with Crippen molar-refractivity contribution in [2.45, 2.75) is 20.4 Å². The Morgan fingerprint density at radius 2 is 1.92 bits per heavy atom. The van der Waals surface area contributed by atoms with Gasteiger partial charge >= 0.3 is 0 Å². The van der Waals surface area contributed by atoms with Crippen LogP contribution in [0.2, 0.25) is 0 Å². The molecule has 1 aromatic carbocycles. The Labute approximate surface area is 141 Å². The number of hydrogen-bond acceptors (Lipinski definition) is 4. The minimum Gasteiger partial charge on any atom is -0.494 e. The number of aromatic nitrogens is 2. The van der Waals surface area contributed by atoms with Crippen molar-refractivity contribution in [1.29, 1.82) is 0 Å². The number of carbonyl (C=O) groups excluding carboxylic acids is 2. The monoisotopic (exact) mass is 330 g/mol. The Balaban J connectivity index is 1.77. The summed E-state index contributed by atoms with van der Waals surface area (Å²) in [5.74, 6) is 0.219. The zero-order valence-electron chi connectivity index (χ0n) is 14.1. The standard InChI is InChI=1S/C17H22N4O3/c1-4-24-14-7-5-13(6-8-14)10-18-16(22)11-19-17(23)15-9-12(2)20-21(15)3/h5-9H,4,10-11H2,1-3H3,(H,18,22)(H,19,23). The number of rotatable bonds is 7. The summed E-state index contributed by atoms with van der Waals surface area (Å²) in [6.45, 7) is 4.66. The fourth-order valence-electron chi connectivity index (χ4n) is 2.21. The molecule has 0 saturated carbocycles. The van der Waals surface area contributed by atoms with E-state index in [2.05, 4.69) is 15.7 Å². The molecule has 1 heterocycles. The number of hydrogen-bond donors (Lipinski definition) is 2. The topological polar surface area (TPSA) is 85.2 Å². The molecule has 128 valence electrons. The summed E-state index contributed by atoms with van der Waals surface area (Å²) in [4.78, 5) is 23.8. The molecule has 2 rings (SSSR count). The summed E-state index contributed by atoms with van der Waals surface area (Å²) in [7, 11) is 1.69. The van der Waals surface area contributed by atoms with Gasteiger partial charge in [0.05, 0.1) is 18.8 Å². The third kappa shape index (κ3) is 4.84. The van der Waals surface area contributed by atoms with E-state index in [0.29, 0.717) is 18.8 Å². The number of ether oxygens (including phenoxy) is 1. The van der Waals surface area contributed by atoms with Gasteiger partial charge in [-0.1, -0.05) is 12.1 Å². The van der Waals surface area contributed by atoms with Gasteiger partial charge in [0, 0.05) is 13.6 Å². The molecule has 2 N–H and O–H groups in total. The van der Waals surface area contributed by atoms with Gasteiger partial charge in [-0.3, -0.25) is 14.3 Å². The number of amides is 2. The first-order valence-corrected chi connectivity index (χ1v) is 7.77. The number of nitrogens with one attached hydrogen (secondary N) is 2. The van der Waals surface area contributed by atoms with Gasteiger partial charge in [0.1, 0.15) is 11.4 Å². The summed E-state index contributed by atoms with van der Waals surface area (Å²) < 4.78 is 6.85. The smallest absolute Gasteiger partial charge is 0.269 e. The highest BCUT2D eigenvalue weighted by molar-refractivity contribution is 5.95. The molecule has 2 amide bonds. The fraction of sp³-hybridized carbons (Fsp3) is 0.353. The summed E-state index contributed by atoms with van der Waals surface area (Å²) in [5, 5.41) is 9.44. The van der Waals surface area contributed by atoms with E-state index in [1.807, 2.05) is 31.2 Å². The maximum atomic E-state index is 12.0. The first kappa shape index (κ1) is 17.5. The molecule has 0 aliphatic carbocycles. The van der Waals surface area contributed by atoms with E-state index in [4.69, 9.17) is 4.74 Å². The lowest BCUT2D eigenvalue weighted by Gasteiger charge is -2.08. The highest BCUT2D eigenvalue weighted by Crippen LogP contribution is 2.11. The minimum absolute atomic E-state index is 0.0832. The van der Waals surface area contributed by atoms with E-state index in [1.54, 1.807) is 20.0 Å². The van der Waals surface area contributed by atoms with Crippen LogP contribution in [-0.4, -0.2) is 34.7 Å². The first-order valence-electron chi connectivity index (χ1n) is 7.77. The summed E-state index contributed by atoms with van der Waals surface area (Å²) in [6.07, 6.45) is 0. The molecule has 24 heavy (non-hydrogen) atoms. The van der Waals surface area contributed by atoms with Gasteiger partial charge in [0.15, 0.2) is 0 Å². The quantitative estimate of drug-likeness (QED) is 0.798. The van der Waals surface area contributed by atoms with E-state index < -0.39 is 0 Å². The van der Waals surface area contributed by atoms with E-state index in [9.17, 15) is 9.59 Å². The Morgan fingerprint density at radius 1 is 1.21 bits per heavy atom. The lowest BCUT2D eigenvalue weighted by Crippen LogP contribution is -2.37. The molecule has 0 radical (unpaired) electrons. The van der Waals surface area contributed by atoms with Crippen LogP contribution in [0.5, 0.6) is 5.75 Å². The van der Waals surface area contributed by atoms with Gasteiger partial charge in [0.2, 0.25) is 5.91 Å². The molecule has 0 spiro atoms. The number of nitrogens with zero attached hydrogens (tertiary/aromatic N) is 2. The van der Waals surface area contributed by atoms with E-state index in [-0.39, 0.29) is 18.4 Å². The lowest BCUT2D eigenvalue weighted by atomic mass is 10.2. The van der Waals surface area contributed by atoms with Crippen LogP contribution in [0.4, 0.5) is 0 Å². The summed E-state index contributed by atoms with van der Waals surface area (Å²) >= 11 is 0. The second kappa shape index (κ2) is 8.14. The van der Waals surface area contributed by atoms with E-state index >= 15 is 0 Å². The van der Waals surface area contributed by atoms with Gasteiger partial charge in [-0.25, -0.2) is 0 Å². The molecule has 0 saturated heterocycles. The molecule has 0 atom stereocenters. The van der Waals surface area contributed by atoms with Gasteiger partial charge in [-0.05, 0) is 37.6 Å². The van der Waals surface area contributed by atoms with Gasteiger partial charge in [-0.2, -0.15) is 5.10 Å². The second-order valence-corrected chi connectivity index (χ2v) is 5.33. The Hall–Kier alpha value is -2.83. The fourth-order valence-corrected chi connectivity index (χ4v) is 2.21. The van der Waals surface area contributed by atoms with Gasteiger partial charge in [-0.15, -0.1) is 0 Å². The second-order valence-electron chi connectivity index (χ2n) is 5.33. The number of carbonyl (C=O) groups is 2. The molecule has 7 nitrogen and oxygen atoms in total. The van der Waals surface area contributed by atoms with Crippen molar-refractivity contribution in [2.75, 3.05) is 13.2 Å². The molecular formula is C17H22N4O3. The molecule has 1 aromatic heterocycles. The average molecular weight is 330 g/mol. The predicted octanol–water partition coefficient (Wildman–Crippen LogP) is 1.17. The highest BCUT2D eigenvalue weighted by Gasteiger charge is 2.12. The molecule has 0 fully saturated rings. The van der Waals surface area contributed by atoms with Crippen molar-refractivity contribution in [3.8, 4) is 5.75 Å². The van der Waals surface area contributed by atoms with Crippen molar-refractivity contribution < 1.29 is 14.3 Å². The Kier molecular flexibility index (Phi) is 5.95. The van der Waals surface area contributed by atoms with Crippen LogP contribution in [0.3, 0.4) is 0 Å². The van der Waals surface area contributed by atoms with Crippen LogP contribution in [0, 0.1) is 6.92 Å². The zero-order valence-corrected chi connectivity index (χ0v) is 14.1. The minimum atomic E-state index is -0.325. The van der Waals surface area contributed by atoms with Crippen LogP contribution in [-0.2, 0) is 18.4 Å². The molecule has 0 bridgehead atoms. The Bertz CT molecular complexity index is 707. The average Bonchev–Trinajstić information content (AvgIpc) is 2.91. The van der Waals surface area contributed by atoms with Crippen LogP contribution >= 0.6 is 0 Å². The molecule has 2 aromatic rings. The van der Waals surface area contributed by atoms with E-state index in [1.165, 1.54) is 4.68 Å². The van der Waals surface area contributed by atoms with E-state index in [0.717, 1.165) is 17.0 Å². The first-order chi connectivity index (χ1) is 11.5. The predicted molar refractivity (Wildman–Crippen MR) is 89.7 cm³/mol. The van der Waals surface area contributed by atoms with Crippen molar-refractivity contribution in [1.82, 2.24) is 20.4 Å². The SMILES string of the molecule is CCOc1ccc(CNC(=O)CNC(=O)c2cc(C)nn2C)cc1. The van der Waals surface area contributed by atoms with Crippen molar-refractivity contribution in [2.24, 2.45) is 7.05 Å². The molecule has 0 aliphatic rings. The largest absolute Gasteiger partial charge is 0.494 e. The maximum absolute atomic E-state index is 12.0. The molecular weight excluding hydrogens is 308 g/mol. The summed E-state index contributed by atoms with van der Waals surface area (Å²) in [6, 6.07) is 9.17. The third-order valence-corrected chi connectivity index (χ3v) is 3.37. The number of aryl methyl sites for hydroxylation is 2. The highest BCUT2D eigenvalue weighted by atomic mass is 16.5. The van der Waals surface area contributed by atoms with Gasteiger partial charge < -0.3 is 15.4 Å². The molecule has 0 unspecified atom stereocenters. The van der Waals surface area contributed by atoms with Crippen LogP contribution < -0.4 is 15.4 Å². The maximum Gasteiger partial charge on any atom is 0.269 e. The van der Waals surface area contributed by atoms with Crippen molar-refractivity contribution in [3.05, 3.63) is 47.3 Å². The van der Waals surface area contributed by atoms with Crippen molar-refractivity contribution >= 4 is 11.8 Å². The van der Waals surface area contributed by atoms with Crippen molar-refractivity contribution in [3.63, 3.8) is 0 Å². The van der Waals surface area contributed by atoms with Crippen LogP contribution in [0.15, 0.2) is 30.3 Å². The van der Waals surface area contributed by atoms with Gasteiger partial charge in [0.25, 0.3) is 5.91 Å². The normalized spacial score (nSPS) is 10.3. The lowest BCUT2D eigenvalue weighted by molar-refractivity contribution is -0.120. The molecule has 7 heteroatoms. The third-order valence-electron chi connectivity index (χ3n) is 3.37. The molecule has 0 aliphatic heterocycles. The zero-order chi connectivity index (χ0) is 17.5. The summed E-state index contributed by atoms with van der Waals surface area (Å²) in [5.41, 5.74) is 2.13. The van der Waals surface area contributed by atoms with Crippen LogP contribution in [0.1, 0.15) is 28.7 Å². The number of benzene rings is 1.